The highest BCUT2D eigenvalue weighted by molar-refractivity contribution is 5.68. The molecule has 1 aromatic carbocycles. The maximum atomic E-state index is 4.83. The van der Waals surface area contributed by atoms with Gasteiger partial charge in [-0.15, -0.1) is 0 Å². The molecule has 3 aromatic heterocycles. The Hall–Kier alpha value is -3.22. The Morgan fingerprint density at radius 3 is 2.65 bits per heavy atom. The van der Waals surface area contributed by atoms with Crippen molar-refractivity contribution in [2.45, 2.75) is 20.3 Å². The molecule has 4 rings (SSSR count). The number of anilines is 1. The molecule has 0 radical (unpaired) electrons. The maximum Gasteiger partial charge on any atom is 0.161 e. The van der Waals surface area contributed by atoms with E-state index in [9.17, 15) is 0 Å². The van der Waals surface area contributed by atoms with E-state index in [1.807, 2.05) is 42.8 Å². The van der Waals surface area contributed by atoms with Gasteiger partial charge >= 0.3 is 0 Å². The minimum absolute atomic E-state index is 0.734. The molecule has 4 aromatic rings. The minimum atomic E-state index is 0.734. The Bertz CT molecular complexity index is 1050. The van der Waals surface area contributed by atoms with E-state index < -0.39 is 0 Å². The molecule has 0 atom stereocenters. The molecule has 0 fully saturated rings. The van der Waals surface area contributed by atoms with Crippen molar-refractivity contribution in [2.24, 2.45) is 7.05 Å². The number of benzene rings is 1. The molecule has 0 aliphatic carbocycles. The summed E-state index contributed by atoms with van der Waals surface area (Å²) < 4.78 is 3.68. The van der Waals surface area contributed by atoms with Crippen molar-refractivity contribution in [1.29, 1.82) is 0 Å². The summed E-state index contributed by atoms with van der Waals surface area (Å²) >= 11 is 0. The lowest BCUT2D eigenvalue weighted by Crippen LogP contribution is -2.12. The Labute approximate surface area is 151 Å². The molecule has 26 heavy (non-hydrogen) atoms. The monoisotopic (exact) mass is 347 g/mol. The third-order valence-electron chi connectivity index (χ3n) is 4.59. The third kappa shape index (κ3) is 2.92. The third-order valence-corrected chi connectivity index (χ3v) is 4.59. The van der Waals surface area contributed by atoms with E-state index >= 15 is 0 Å². The average Bonchev–Trinajstić information content (AvgIpc) is 3.19. The largest absolute Gasteiger partial charge is 0.369 e. The van der Waals surface area contributed by atoms with Gasteiger partial charge in [-0.05, 0) is 13.8 Å². The summed E-state index contributed by atoms with van der Waals surface area (Å²) in [6.07, 6.45) is 2.36. The van der Waals surface area contributed by atoms with Crippen LogP contribution in [-0.4, -0.2) is 35.9 Å². The fraction of sp³-hybridized carbons (Fsp3) is 0.263. The highest BCUT2D eigenvalue weighted by Crippen LogP contribution is 2.24. The van der Waals surface area contributed by atoms with Crippen LogP contribution in [0.25, 0.3) is 16.9 Å². The summed E-state index contributed by atoms with van der Waals surface area (Å²) in [6.45, 7) is 4.80. The zero-order chi connectivity index (χ0) is 18.1. The van der Waals surface area contributed by atoms with Gasteiger partial charge in [0.15, 0.2) is 5.65 Å². The van der Waals surface area contributed by atoms with Crippen molar-refractivity contribution >= 4 is 11.5 Å². The molecular formula is C19H21N7. The lowest BCUT2D eigenvalue weighted by Gasteiger charge is -2.11. The summed E-state index contributed by atoms with van der Waals surface area (Å²) in [5.74, 6) is 1.87. The lowest BCUT2D eigenvalue weighted by atomic mass is 10.1. The second-order valence-electron chi connectivity index (χ2n) is 6.32. The van der Waals surface area contributed by atoms with Gasteiger partial charge in [0.25, 0.3) is 0 Å². The van der Waals surface area contributed by atoms with Gasteiger partial charge in [-0.25, -0.2) is 9.97 Å². The number of aryl methyl sites for hydroxylation is 3. The van der Waals surface area contributed by atoms with Crippen LogP contribution in [0.3, 0.4) is 0 Å². The number of rotatable bonds is 5. The van der Waals surface area contributed by atoms with E-state index in [1.165, 1.54) is 0 Å². The van der Waals surface area contributed by atoms with Gasteiger partial charge in [0.1, 0.15) is 18.0 Å². The minimum Gasteiger partial charge on any atom is -0.369 e. The second kappa shape index (κ2) is 6.59. The van der Waals surface area contributed by atoms with Gasteiger partial charge in [0, 0.05) is 37.2 Å². The maximum absolute atomic E-state index is 4.83. The molecule has 132 valence electrons. The molecule has 0 saturated carbocycles. The van der Waals surface area contributed by atoms with E-state index in [0.29, 0.717) is 0 Å². The van der Waals surface area contributed by atoms with Crippen molar-refractivity contribution in [1.82, 2.24) is 29.4 Å². The van der Waals surface area contributed by atoms with Crippen LogP contribution in [0.2, 0.25) is 0 Å². The molecule has 7 heteroatoms. The van der Waals surface area contributed by atoms with Gasteiger partial charge < -0.3 is 5.32 Å². The normalized spacial score (nSPS) is 11.2. The molecule has 0 bridgehead atoms. The molecule has 0 saturated heterocycles. The average molecular weight is 347 g/mol. The van der Waals surface area contributed by atoms with Crippen molar-refractivity contribution < 1.29 is 0 Å². The Morgan fingerprint density at radius 1 is 1.12 bits per heavy atom. The predicted molar refractivity (Wildman–Crippen MR) is 101 cm³/mol. The van der Waals surface area contributed by atoms with Crippen LogP contribution in [-0.2, 0) is 13.5 Å². The number of hydrogen-bond donors (Lipinski definition) is 1. The molecule has 7 nitrogen and oxygen atoms in total. The molecule has 0 aliphatic rings. The number of aromatic nitrogens is 6. The van der Waals surface area contributed by atoms with Crippen molar-refractivity contribution in [3.8, 4) is 11.3 Å². The topological polar surface area (TPSA) is 72.9 Å². The standard InChI is InChI=1S/C19H21N7/c1-13-14(2)24-26-18(20-10-9-17-21-12-22-25(17)3)11-16(23-19(13)26)15-7-5-4-6-8-15/h4-8,11-12,20H,9-10H2,1-3H3. The van der Waals surface area contributed by atoms with Crippen LogP contribution in [0, 0.1) is 13.8 Å². The van der Waals surface area contributed by atoms with Crippen LogP contribution in [0.4, 0.5) is 5.82 Å². The van der Waals surface area contributed by atoms with E-state index in [0.717, 1.165) is 52.8 Å². The van der Waals surface area contributed by atoms with E-state index in [-0.39, 0.29) is 0 Å². The first kappa shape index (κ1) is 16.3. The summed E-state index contributed by atoms with van der Waals surface area (Å²) in [4.78, 5) is 9.10. The number of hydrogen-bond acceptors (Lipinski definition) is 5. The van der Waals surface area contributed by atoms with Crippen LogP contribution >= 0.6 is 0 Å². The number of nitrogens with one attached hydrogen (secondary N) is 1. The molecule has 1 N–H and O–H groups in total. The molecule has 0 amide bonds. The predicted octanol–water partition coefficient (Wildman–Crippen LogP) is 2.80. The van der Waals surface area contributed by atoms with Gasteiger partial charge in [0.2, 0.25) is 0 Å². The quantitative estimate of drug-likeness (QED) is 0.601. The van der Waals surface area contributed by atoms with Crippen molar-refractivity contribution in [2.75, 3.05) is 11.9 Å². The zero-order valence-electron chi connectivity index (χ0n) is 15.1. The highest BCUT2D eigenvalue weighted by atomic mass is 15.3. The molecule has 0 spiro atoms. The Balaban J connectivity index is 1.70. The van der Waals surface area contributed by atoms with Crippen LogP contribution in [0.5, 0.6) is 0 Å². The summed E-state index contributed by atoms with van der Waals surface area (Å²) in [5.41, 5.74) is 4.98. The van der Waals surface area contributed by atoms with E-state index in [2.05, 4.69) is 39.6 Å². The number of fused-ring (bicyclic) bond motifs is 1. The summed E-state index contributed by atoms with van der Waals surface area (Å²) in [5, 5.41) is 12.2. The van der Waals surface area contributed by atoms with Gasteiger partial charge in [-0.3, -0.25) is 4.68 Å². The summed E-state index contributed by atoms with van der Waals surface area (Å²) in [6, 6.07) is 12.2. The Kier molecular flexibility index (Phi) is 4.12. The highest BCUT2D eigenvalue weighted by Gasteiger charge is 2.13. The fourth-order valence-corrected chi connectivity index (χ4v) is 2.96. The first-order valence-electron chi connectivity index (χ1n) is 8.62. The second-order valence-corrected chi connectivity index (χ2v) is 6.32. The lowest BCUT2D eigenvalue weighted by molar-refractivity contribution is 0.700. The van der Waals surface area contributed by atoms with Crippen molar-refractivity contribution in [3.05, 3.63) is 59.8 Å². The van der Waals surface area contributed by atoms with Crippen LogP contribution in [0.15, 0.2) is 42.7 Å². The number of nitrogens with zero attached hydrogens (tertiary/aromatic N) is 6. The van der Waals surface area contributed by atoms with E-state index in [4.69, 9.17) is 4.98 Å². The van der Waals surface area contributed by atoms with Crippen LogP contribution < -0.4 is 5.32 Å². The first-order chi connectivity index (χ1) is 12.6. The van der Waals surface area contributed by atoms with E-state index in [1.54, 1.807) is 11.0 Å². The van der Waals surface area contributed by atoms with Crippen LogP contribution in [0.1, 0.15) is 17.1 Å². The zero-order valence-corrected chi connectivity index (χ0v) is 15.1. The van der Waals surface area contributed by atoms with Gasteiger partial charge in [-0.2, -0.15) is 14.7 Å². The molecule has 0 unspecified atom stereocenters. The Morgan fingerprint density at radius 2 is 1.92 bits per heavy atom. The first-order valence-corrected chi connectivity index (χ1v) is 8.62. The smallest absolute Gasteiger partial charge is 0.161 e. The SMILES string of the molecule is Cc1nn2c(NCCc3ncnn3C)cc(-c3ccccc3)nc2c1C. The molecule has 3 heterocycles. The van der Waals surface area contributed by atoms with Crippen molar-refractivity contribution in [3.63, 3.8) is 0 Å². The van der Waals surface area contributed by atoms with Gasteiger partial charge in [-0.1, -0.05) is 30.3 Å². The summed E-state index contributed by atoms with van der Waals surface area (Å²) in [7, 11) is 1.90. The fourth-order valence-electron chi connectivity index (χ4n) is 2.96. The molecular weight excluding hydrogens is 326 g/mol. The molecule has 0 aliphatic heterocycles. The van der Waals surface area contributed by atoms with Gasteiger partial charge in [0.05, 0.1) is 11.4 Å².